The molecule has 0 saturated heterocycles. The molecular weight excluding hydrogens is 180 g/mol. The smallest absolute Gasteiger partial charge is 0.315 e. The maximum atomic E-state index is 11.3. The second-order valence-electron chi connectivity index (χ2n) is 3.98. The van der Waals surface area contributed by atoms with Crippen LogP contribution in [0.1, 0.15) is 31.4 Å². The first-order valence-corrected chi connectivity index (χ1v) is 4.87. The van der Waals surface area contributed by atoms with E-state index in [1.54, 1.807) is 12.5 Å². The number of carbonyl (C=O) groups is 1. The summed E-state index contributed by atoms with van der Waals surface area (Å²) in [6.07, 6.45) is 6.82. The summed E-state index contributed by atoms with van der Waals surface area (Å²) in [5.74, 6) is -0.710. The van der Waals surface area contributed by atoms with Crippen LogP contribution in [0.4, 0.5) is 0 Å². The van der Waals surface area contributed by atoms with Crippen LogP contribution < -0.4 is 0 Å². The van der Waals surface area contributed by atoms with Gasteiger partial charge in [0.05, 0.1) is 12.0 Å². The Balaban J connectivity index is 2.46. The van der Waals surface area contributed by atoms with Gasteiger partial charge in [0.2, 0.25) is 0 Å². The van der Waals surface area contributed by atoms with Crippen molar-refractivity contribution in [3.05, 3.63) is 18.2 Å². The number of carboxylic acids is 1. The van der Waals surface area contributed by atoms with Gasteiger partial charge >= 0.3 is 5.97 Å². The number of aliphatic carboxylic acids is 1. The zero-order chi connectivity index (χ0) is 10.2. The Morgan fingerprint density at radius 1 is 1.57 bits per heavy atom. The Hall–Kier alpha value is -1.32. The Morgan fingerprint density at radius 3 is 2.64 bits per heavy atom. The Kier molecular flexibility index (Phi) is 2.06. The molecule has 0 spiro atoms. The molecule has 1 heterocycles. The third-order valence-corrected chi connectivity index (χ3v) is 3.17. The maximum Gasteiger partial charge on any atom is 0.315 e. The summed E-state index contributed by atoms with van der Waals surface area (Å²) in [7, 11) is 1.85. The standard InChI is InChI=1S/C10H14N2O2/c1-12-7-11-6-8(12)10(9(13)14)4-2-3-5-10/h6-7H,2-5H2,1H3,(H,13,14). The van der Waals surface area contributed by atoms with Crippen molar-refractivity contribution >= 4 is 5.97 Å². The number of aryl methyl sites for hydroxylation is 1. The number of nitrogens with zero attached hydrogens (tertiary/aromatic N) is 2. The van der Waals surface area contributed by atoms with E-state index in [9.17, 15) is 9.90 Å². The van der Waals surface area contributed by atoms with Crippen molar-refractivity contribution < 1.29 is 9.90 Å². The molecule has 2 rings (SSSR count). The van der Waals surface area contributed by atoms with Gasteiger partial charge in [-0.2, -0.15) is 0 Å². The van der Waals surface area contributed by atoms with Gasteiger partial charge in [-0.15, -0.1) is 0 Å². The minimum Gasteiger partial charge on any atom is -0.481 e. The van der Waals surface area contributed by atoms with Gasteiger partial charge in [-0.25, -0.2) is 4.98 Å². The first kappa shape index (κ1) is 9.24. The molecule has 0 atom stereocenters. The fourth-order valence-corrected chi connectivity index (χ4v) is 2.38. The van der Waals surface area contributed by atoms with Crippen LogP contribution in [0.2, 0.25) is 0 Å². The van der Waals surface area contributed by atoms with Crippen LogP contribution in [-0.4, -0.2) is 20.6 Å². The summed E-state index contributed by atoms with van der Waals surface area (Å²) < 4.78 is 1.82. The van der Waals surface area contributed by atoms with Gasteiger partial charge in [0, 0.05) is 13.2 Å². The van der Waals surface area contributed by atoms with Crippen LogP contribution >= 0.6 is 0 Å². The van der Waals surface area contributed by atoms with Crippen molar-refractivity contribution in [2.75, 3.05) is 0 Å². The highest BCUT2D eigenvalue weighted by Crippen LogP contribution is 2.40. The van der Waals surface area contributed by atoms with Crippen LogP contribution in [0.5, 0.6) is 0 Å². The van der Waals surface area contributed by atoms with E-state index in [2.05, 4.69) is 4.98 Å². The minimum absolute atomic E-state index is 0.675. The van der Waals surface area contributed by atoms with Gasteiger partial charge < -0.3 is 9.67 Å². The molecule has 0 radical (unpaired) electrons. The number of carboxylic acid groups (broad SMARTS) is 1. The zero-order valence-corrected chi connectivity index (χ0v) is 8.23. The molecule has 0 bridgehead atoms. The van der Waals surface area contributed by atoms with Crippen LogP contribution in [0.3, 0.4) is 0 Å². The van der Waals surface area contributed by atoms with Gasteiger partial charge in [0.1, 0.15) is 5.41 Å². The number of rotatable bonds is 2. The number of imidazole rings is 1. The van der Waals surface area contributed by atoms with E-state index in [-0.39, 0.29) is 0 Å². The summed E-state index contributed by atoms with van der Waals surface area (Å²) in [5.41, 5.74) is 0.160. The third kappa shape index (κ3) is 1.14. The average Bonchev–Trinajstić information content (AvgIpc) is 2.72. The predicted molar refractivity (Wildman–Crippen MR) is 51.0 cm³/mol. The minimum atomic E-state index is -0.710. The first-order chi connectivity index (χ1) is 6.67. The average molecular weight is 194 g/mol. The van der Waals surface area contributed by atoms with Crippen molar-refractivity contribution in [3.63, 3.8) is 0 Å². The summed E-state index contributed by atoms with van der Waals surface area (Å²) in [5, 5.41) is 9.32. The van der Waals surface area contributed by atoms with Crippen molar-refractivity contribution in [1.82, 2.24) is 9.55 Å². The molecule has 4 nitrogen and oxygen atoms in total. The van der Waals surface area contributed by atoms with E-state index in [0.717, 1.165) is 31.4 Å². The van der Waals surface area contributed by atoms with Crippen LogP contribution in [0.15, 0.2) is 12.5 Å². The molecule has 0 amide bonds. The summed E-state index contributed by atoms with van der Waals surface area (Å²) in [6.45, 7) is 0. The van der Waals surface area contributed by atoms with Crippen molar-refractivity contribution in [2.45, 2.75) is 31.1 Å². The van der Waals surface area contributed by atoms with Crippen molar-refractivity contribution in [3.8, 4) is 0 Å². The lowest BCUT2D eigenvalue weighted by Crippen LogP contribution is -2.34. The Bertz CT molecular complexity index is 351. The Morgan fingerprint density at radius 2 is 2.21 bits per heavy atom. The second kappa shape index (κ2) is 3.12. The quantitative estimate of drug-likeness (QED) is 0.772. The van der Waals surface area contributed by atoms with Gasteiger partial charge in [-0.3, -0.25) is 4.79 Å². The zero-order valence-electron chi connectivity index (χ0n) is 8.23. The number of hydrogen-bond donors (Lipinski definition) is 1. The van der Waals surface area contributed by atoms with Gasteiger partial charge in [-0.05, 0) is 12.8 Å². The molecule has 0 aliphatic heterocycles. The van der Waals surface area contributed by atoms with E-state index in [1.807, 2.05) is 11.6 Å². The highest BCUT2D eigenvalue weighted by atomic mass is 16.4. The monoisotopic (exact) mass is 194 g/mol. The molecule has 14 heavy (non-hydrogen) atoms. The lowest BCUT2D eigenvalue weighted by Gasteiger charge is -2.23. The normalized spacial score (nSPS) is 19.8. The van der Waals surface area contributed by atoms with Crippen LogP contribution in [0, 0.1) is 0 Å². The topological polar surface area (TPSA) is 55.1 Å². The van der Waals surface area contributed by atoms with Crippen molar-refractivity contribution in [1.29, 1.82) is 0 Å². The number of aromatic nitrogens is 2. The fraction of sp³-hybridized carbons (Fsp3) is 0.600. The molecule has 1 aromatic heterocycles. The van der Waals surface area contributed by atoms with E-state index in [0.29, 0.717) is 0 Å². The molecular formula is C10H14N2O2. The SMILES string of the molecule is Cn1cncc1C1(C(=O)O)CCCC1. The third-order valence-electron chi connectivity index (χ3n) is 3.17. The molecule has 1 aliphatic carbocycles. The molecule has 4 heteroatoms. The van der Waals surface area contributed by atoms with Crippen LogP contribution in [-0.2, 0) is 17.3 Å². The molecule has 1 saturated carbocycles. The molecule has 0 aromatic carbocycles. The molecule has 1 N–H and O–H groups in total. The van der Waals surface area contributed by atoms with E-state index >= 15 is 0 Å². The van der Waals surface area contributed by atoms with Gasteiger partial charge in [-0.1, -0.05) is 12.8 Å². The van der Waals surface area contributed by atoms with Gasteiger partial charge in [0.25, 0.3) is 0 Å². The summed E-state index contributed by atoms with van der Waals surface area (Å²) in [4.78, 5) is 15.3. The highest BCUT2D eigenvalue weighted by molar-refractivity contribution is 5.81. The largest absolute Gasteiger partial charge is 0.481 e. The summed E-state index contributed by atoms with van der Waals surface area (Å²) in [6, 6.07) is 0. The number of hydrogen-bond acceptors (Lipinski definition) is 2. The van der Waals surface area contributed by atoms with E-state index in [1.165, 1.54) is 0 Å². The lowest BCUT2D eigenvalue weighted by atomic mass is 9.83. The molecule has 1 aliphatic rings. The molecule has 76 valence electrons. The van der Waals surface area contributed by atoms with Gasteiger partial charge in [0.15, 0.2) is 0 Å². The second-order valence-corrected chi connectivity index (χ2v) is 3.98. The fourth-order valence-electron chi connectivity index (χ4n) is 2.38. The van der Waals surface area contributed by atoms with Crippen LogP contribution in [0.25, 0.3) is 0 Å². The Labute approximate surface area is 82.6 Å². The summed E-state index contributed by atoms with van der Waals surface area (Å²) >= 11 is 0. The highest BCUT2D eigenvalue weighted by Gasteiger charge is 2.44. The van der Waals surface area contributed by atoms with E-state index in [4.69, 9.17) is 0 Å². The maximum absolute atomic E-state index is 11.3. The van der Waals surface area contributed by atoms with Crippen molar-refractivity contribution in [2.24, 2.45) is 7.05 Å². The first-order valence-electron chi connectivity index (χ1n) is 4.87. The molecule has 0 unspecified atom stereocenters. The lowest BCUT2D eigenvalue weighted by molar-refractivity contribution is -0.143. The molecule has 1 aromatic rings. The van der Waals surface area contributed by atoms with E-state index < -0.39 is 11.4 Å². The molecule has 1 fully saturated rings. The predicted octanol–water partition coefficient (Wildman–Crippen LogP) is 1.32.